The smallest absolute Gasteiger partial charge is 0.407 e. The van der Waals surface area contributed by atoms with E-state index in [2.05, 4.69) is 99.8 Å². The molecule has 3 aliphatic carbocycles. The van der Waals surface area contributed by atoms with E-state index >= 15 is 0 Å². The van der Waals surface area contributed by atoms with E-state index < -0.39 is 30.3 Å². The third-order valence-electron chi connectivity index (χ3n) is 12.3. The van der Waals surface area contributed by atoms with Crippen molar-refractivity contribution < 1.29 is 52.6 Å². The molecule has 6 unspecified atom stereocenters. The quantitative estimate of drug-likeness (QED) is 0.0432. The average Bonchev–Trinajstić information content (AvgIpc) is 3.19. The predicted molar refractivity (Wildman–Crippen MR) is 250 cm³/mol. The van der Waals surface area contributed by atoms with Crippen LogP contribution in [0, 0.1) is 32.5 Å². The Morgan fingerprint density at radius 2 is 0.851 bits per heavy atom. The van der Waals surface area contributed by atoms with Crippen molar-refractivity contribution in [3.63, 3.8) is 0 Å². The number of aliphatic imine (C=N–C) groups is 1. The summed E-state index contributed by atoms with van der Waals surface area (Å²) in [4.78, 5) is 111. The van der Waals surface area contributed by atoms with Gasteiger partial charge in [0.05, 0.1) is 6.54 Å². The van der Waals surface area contributed by atoms with E-state index in [1.165, 1.54) is 6.20 Å². The van der Waals surface area contributed by atoms with Crippen LogP contribution in [0.25, 0.3) is 0 Å². The molecule has 3 rings (SSSR count). The van der Waals surface area contributed by atoms with Gasteiger partial charge >= 0.3 is 30.3 Å². The van der Waals surface area contributed by atoms with Crippen molar-refractivity contribution in [1.82, 2.24) is 41.3 Å². The summed E-state index contributed by atoms with van der Waals surface area (Å²) in [6.45, 7) is 29.8. The van der Waals surface area contributed by atoms with E-state index in [1.54, 1.807) is 6.08 Å². The highest BCUT2D eigenvalue weighted by Crippen LogP contribution is 2.48. The zero-order valence-corrected chi connectivity index (χ0v) is 41.0. The van der Waals surface area contributed by atoms with Gasteiger partial charge in [0.2, 0.25) is 25.3 Å². The molecule has 374 valence electrons. The van der Waals surface area contributed by atoms with Crippen LogP contribution in [-0.2, 0) is 28.7 Å². The molecule has 0 heterocycles. The number of nitrogens with zero attached hydrogens (tertiary/aromatic N) is 4. The Kier molecular flexibility index (Phi) is 21.0. The first-order valence-corrected chi connectivity index (χ1v) is 22.5. The van der Waals surface area contributed by atoms with Gasteiger partial charge in [0.1, 0.15) is 13.2 Å². The molecule has 3 saturated carbocycles. The van der Waals surface area contributed by atoms with E-state index in [-0.39, 0.29) is 63.8 Å². The summed E-state index contributed by atoms with van der Waals surface area (Å²) in [5.41, 5.74) is -1.09. The van der Waals surface area contributed by atoms with Crippen LogP contribution in [-0.4, -0.2) is 121 Å². The predicted octanol–water partition coefficient (Wildman–Crippen LogP) is 6.45. The Bertz CT molecular complexity index is 1760. The Morgan fingerprint density at radius 3 is 1.13 bits per heavy atom. The molecular weight excluding hydrogens is 867 g/mol. The second-order valence-electron chi connectivity index (χ2n) is 21.6. The molecule has 0 aromatic heterocycles. The number of carbonyl (C=O) groups excluding carboxylic acids is 9. The molecule has 6 atom stereocenters. The molecule has 11 amide bonds. The minimum Gasteiger partial charge on any atom is -0.446 e. The maximum Gasteiger partial charge on any atom is 0.407 e. The third kappa shape index (κ3) is 19.4. The molecule has 0 spiro atoms. The molecule has 20 nitrogen and oxygen atoms in total. The molecule has 3 aliphatic rings. The molecule has 0 saturated heterocycles. The lowest BCUT2D eigenvalue weighted by Gasteiger charge is -2.47. The van der Waals surface area contributed by atoms with Gasteiger partial charge in [-0.05, 0) is 90.3 Å². The molecule has 5 N–H and O–H groups in total. The molecule has 0 bridgehead atoms. The minimum atomic E-state index is -0.650. The van der Waals surface area contributed by atoms with Gasteiger partial charge in [0.25, 0.3) is 0 Å². The molecule has 20 heteroatoms. The van der Waals surface area contributed by atoms with Crippen LogP contribution in [0.3, 0.4) is 0 Å². The van der Waals surface area contributed by atoms with E-state index in [9.17, 15) is 43.2 Å². The summed E-state index contributed by atoms with van der Waals surface area (Å²) in [6, 6.07) is -2.06. The van der Waals surface area contributed by atoms with Gasteiger partial charge in [-0.1, -0.05) is 82.1 Å². The van der Waals surface area contributed by atoms with E-state index in [4.69, 9.17) is 9.47 Å². The molecule has 0 aromatic carbocycles. The highest BCUT2D eigenvalue weighted by Gasteiger charge is 2.44. The molecule has 3 fully saturated rings. The van der Waals surface area contributed by atoms with Gasteiger partial charge in [-0.2, -0.15) is 0 Å². The van der Waals surface area contributed by atoms with Gasteiger partial charge < -0.3 is 36.1 Å². The molecule has 67 heavy (non-hydrogen) atoms. The van der Waals surface area contributed by atoms with Crippen LogP contribution in [0.5, 0.6) is 0 Å². The highest BCUT2D eigenvalue weighted by molar-refractivity contribution is 5.87. The number of urea groups is 3. The van der Waals surface area contributed by atoms with Crippen molar-refractivity contribution in [2.24, 2.45) is 37.5 Å². The van der Waals surface area contributed by atoms with Gasteiger partial charge in [0, 0.05) is 49.8 Å². The number of rotatable bonds is 18. The highest BCUT2D eigenvalue weighted by atomic mass is 16.6. The SMILES string of the molecule is C=CN(C=O)C(=O)NC1CC(C)(C)CC(C)(CN=C=O)C1.C=CN(C=O)C(=O)NC1CC(C)(C)CC(C)(CNC(=O)OCCOC(=O)NCC2(C)CC(NC(=O)N(C=C)C=O)CC(C)(C)C2)C1. The number of hydrogen-bond acceptors (Lipinski definition) is 12. The van der Waals surface area contributed by atoms with E-state index in [1.807, 2.05) is 13.8 Å². The molecule has 0 aliphatic heterocycles. The van der Waals surface area contributed by atoms with Gasteiger partial charge in [0.15, 0.2) is 0 Å². The largest absolute Gasteiger partial charge is 0.446 e. The number of nitrogens with one attached hydrogen (secondary N) is 5. The number of imide groups is 3. The van der Waals surface area contributed by atoms with Crippen molar-refractivity contribution in [3.05, 3.63) is 38.3 Å². The number of amides is 11. The summed E-state index contributed by atoms with van der Waals surface area (Å²) in [7, 11) is 0. The van der Waals surface area contributed by atoms with E-state index in [0.29, 0.717) is 71.0 Å². The lowest BCUT2D eigenvalue weighted by atomic mass is 9.62. The number of hydrogen-bond donors (Lipinski definition) is 5. The number of alkyl carbamates (subject to hydrolysis) is 2. The fraction of sp³-hybridized carbons (Fsp3) is 0.681. The van der Waals surface area contributed by atoms with Crippen molar-refractivity contribution in [2.75, 3.05) is 32.8 Å². The van der Waals surface area contributed by atoms with Crippen LogP contribution < -0.4 is 26.6 Å². The van der Waals surface area contributed by atoms with Crippen molar-refractivity contribution in [1.29, 1.82) is 0 Å². The van der Waals surface area contributed by atoms with Crippen LogP contribution in [0.2, 0.25) is 0 Å². The molecular formula is C47H75N9O11. The normalized spacial score (nSPS) is 26.5. The lowest BCUT2D eigenvalue weighted by molar-refractivity contribution is -0.114. The fourth-order valence-corrected chi connectivity index (χ4v) is 11.0. The van der Waals surface area contributed by atoms with Crippen LogP contribution >= 0.6 is 0 Å². The maximum atomic E-state index is 12.4. The summed E-state index contributed by atoms with van der Waals surface area (Å²) < 4.78 is 10.4. The van der Waals surface area contributed by atoms with Crippen molar-refractivity contribution >= 4 is 55.6 Å². The summed E-state index contributed by atoms with van der Waals surface area (Å²) in [6.07, 6.45) is 11.6. The maximum absolute atomic E-state index is 12.4. The average molecular weight is 942 g/mol. The Hall–Kier alpha value is -6.04. The number of isocyanates is 1. The summed E-state index contributed by atoms with van der Waals surface area (Å²) in [5.74, 6) is 0. The number of carbonyl (C=O) groups is 8. The van der Waals surface area contributed by atoms with Gasteiger partial charge in [-0.3, -0.25) is 14.4 Å². The minimum absolute atomic E-state index is 0.0174. The number of ether oxygens (including phenoxy) is 2. The van der Waals surface area contributed by atoms with Gasteiger partial charge in [-0.25, -0.2) is 48.5 Å². The fourth-order valence-electron chi connectivity index (χ4n) is 11.0. The molecule has 0 radical (unpaired) electrons. The zero-order valence-electron chi connectivity index (χ0n) is 41.0. The topological polar surface area (TPSA) is 254 Å². The second kappa shape index (κ2) is 24.6. The Morgan fingerprint density at radius 1 is 0.552 bits per heavy atom. The monoisotopic (exact) mass is 942 g/mol. The third-order valence-corrected chi connectivity index (χ3v) is 12.3. The van der Waals surface area contributed by atoms with Crippen LogP contribution in [0.15, 0.2) is 43.3 Å². The molecule has 0 aromatic rings. The Labute approximate surface area is 395 Å². The first kappa shape index (κ1) is 57.1. The first-order chi connectivity index (χ1) is 31.1. The Balaban J connectivity index is 0.000000611. The first-order valence-electron chi connectivity index (χ1n) is 22.5. The summed E-state index contributed by atoms with van der Waals surface area (Å²) in [5, 5.41) is 14.2. The standard InChI is InChI=1S/C32H52N6O8.C15H23N3O3/c1-9-37(21-39)25(41)35-23-13-29(3,4)17-31(7,15-23)19-33-27(43)45-11-12-46-28(44)34-20-32(8)16-24(14-30(5,6)18-32)36-26(42)38(10-2)22-40;1-5-18(11-20)13(21)17-12-6-14(2,3)8-15(4,7-12)9-16-10-19/h9-10,21-24H,1-2,11-20H2,3-8H3,(H,33,43)(H,34,44)(H,35,41)(H,36,42);5,11-12H,1,6-9H2,2-4H3,(H,17,21). The van der Waals surface area contributed by atoms with Crippen LogP contribution in [0.1, 0.15) is 120 Å². The zero-order chi connectivity index (χ0) is 50.9. The van der Waals surface area contributed by atoms with Crippen molar-refractivity contribution in [2.45, 2.75) is 138 Å². The second-order valence-corrected chi connectivity index (χ2v) is 21.6. The van der Waals surface area contributed by atoms with Gasteiger partial charge in [-0.15, -0.1) is 0 Å². The van der Waals surface area contributed by atoms with E-state index in [0.717, 1.165) is 52.8 Å². The van der Waals surface area contributed by atoms with Crippen molar-refractivity contribution in [3.8, 4) is 0 Å². The van der Waals surface area contributed by atoms with Crippen LogP contribution in [0.4, 0.5) is 24.0 Å². The summed E-state index contributed by atoms with van der Waals surface area (Å²) >= 11 is 0. The lowest BCUT2D eigenvalue weighted by Crippen LogP contribution is -2.52.